The SMILES string of the molecule is N#Cc1cncc(-c2ccc(-c3ccccc3N3c4ccccc4Oc4ccccc43)cc2)c1. The zero-order chi connectivity index (χ0) is 22.9. The van der Waals surface area contributed by atoms with Crippen LogP contribution >= 0.6 is 0 Å². The predicted molar refractivity (Wildman–Crippen MR) is 135 cm³/mol. The lowest BCUT2D eigenvalue weighted by atomic mass is 9.98. The number of hydrogen-bond acceptors (Lipinski definition) is 4. The average molecular weight is 438 g/mol. The third kappa shape index (κ3) is 3.37. The van der Waals surface area contributed by atoms with Crippen molar-refractivity contribution >= 4 is 17.1 Å². The van der Waals surface area contributed by atoms with E-state index in [0.29, 0.717) is 5.56 Å². The number of fused-ring (bicyclic) bond motifs is 2. The molecule has 6 rings (SSSR count). The average Bonchev–Trinajstić information content (AvgIpc) is 2.92. The molecule has 0 aliphatic carbocycles. The minimum Gasteiger partial charge on any atom is -0.453 e. The Morgan fingerprint density at radius 1 is 0.618 bits per heavy atom. The summed E-state index contributed by atoms with van der Waals surface area (Å²) in [6, 6.07) is 37.0. The van der Waals surface area contributed by atoms with Gasteiger partial charge < -0.3 is 9.64 Å². The molecule has 1 aliphatic rings. The quantitative estimate of drug-likeness (QED) is 0.283. The lowest BCUT2D eigenvalue weighted by Crippen LogP contribution is -2.16. The number of nitrogens with zero attached hydrogens (tertiary/aromatic N) is 3. The van der Waals surface area contributed by atoms with E-state index in [4.69, 9.17) is 4.74 Å². The summed E-state index contributed by atoms with van der Waals surface area (Å²) in [6.45, 7) is 0. The molecular formula is C30H19N3O. The summed E-state index contributed by atoms with van der Waals surface area (Å²) in [7, 11) is 0. The van der Waals surface area contributed by atoms with Crippen molar-refractivity contribution in [1.29, 1.82) is 5.26 Å². The van der Waals surface area contributed by atoms with Crippen LogP contribution in [0.4, 0.5) is 17.1 Å². The first-order chi connectivity index (χ1) is 16.8. The highest BCUT2D eigenvalue weighted by atomic mass is 16.5. The largest absolute Gasteiger partial charge is 0.453 e. The zero-order valence-electron chi connectivity index (χ0n) is 18.2. The maximum absolute atomic E-state index is 9.19. The van der Waals surface area contributed by atoms with Crippen LogP contribution in [0.15, 0.2) is 116 Å². The Hall–Kier alpha value is -4.88. The van der Waals surface area contributed by atoms with Crippen LogP contribution in [-0.4, -0.2) is 4.98 Å². The molecule has 4 nitrogen and oxygen atoms in total. The van der Waals surface area contributed by atoms with Gasteiger partial charge in [-0.15, -0.1) is 0 Å². The van der Waals surface area contributed by atoms with Crippen LogP contribution in [0, 0.1) is 11.3 Å². The van der Waals surface area contributed by atoms with Gasteiger partial charge in [0.25, 0.3) is 0 Å². The third-order valence-corrected chi connectivity index (χ3v) is 5.97. The molecule has 34 heavy (non-hydrogen) atoms. The maximum atomic E-state index is 9.19. The predicted octanol–water partition coefficient (Wildman–Crippen LogP) is 7.86. The molecule has 1 aromatic heterocycles. The lowest BCUT2D eigenvalue weighted by Gasteiger charge is -2.34. The molecule has 160 valence electrons. The Morgan fingerprint density at radius 3 is 1.88 bits per heavy atom. The topological polar surface area (TPSA) is 49.2 Å². The van der Waals surface area contributed by atoms with Crippen molar-refractivity contribution in [3.8, 4) is 39.8 Å². The van der Waals surface area contributed by atoms with E-state index in [-0.39, 0.29) is 0 Å². The molecular weight excluding hydrogens is 418 g/mol. The summed E-state index contributed by atoms with van der Waals surface area (Å²) < 4.78 is 6.19. The Labute approximate surface area is 198 Å². The molecule has 4 heteroatoms. The van der Waals surface area contributed by atoms with Crippen molar-refractivity contribution in [2.45, 2.75) is 0 Å². The second-order valence-electron chi connectivity index (χ2n) is 8.04. The minimum absolute atomic E-state index is 0.552. The number of anilines is 3. The summed E-state index contributed by atoms with van der Waals surface area (Å²) in [5.41, 5.74) is 7.80. The van der Waals surface area contributed by atoms with Crippen molar-refractivity contribution in [3.05, 3.63) is 121 Å². The van der Waals surface area contributed by atoms with Gasteiger partial charge in [-0.3, -0.25) is 4.98 Å². The second kappa shape index (κ2) is 8.23. The number of nitriles is 1. The van der Waals surface area contributed by atoms with E-state index >= 15 is 0 Å². The molecule has 0 spiro atoms. The van der Waals surface area contributed by atoms with E-state index in [1.807, 2.05) is 42.5 Å². The number of rotatable bonds is 3. The highest BCUT2D eigenvalue weighted by molar-refractivity contribution is 5.93. The van der Waals surface area contributed by atoms with E-state index < -0.39 is 0 Å². The molecule has 0 atom stereocenters. The molecule has 0 radical (unpaired) electrons. The maximum Gasteiger partial charge on any atom is 0.151 e. The van der Waals surface area contributed by atoms with Crippen molar-refractivity contribution < 1.29 is 4.74 Å². The highest BCUT2D eigenvalue weighted by Gasteiger charge is 2.26. The van der Waals surface area contributed by atoms with Crippen molar-refractivity contribution in [1.82, 2.24) is 4.98 Å². The van der Waals surface area contributed by atoms with Gasteiger partial charge in [-0.05, 0) is 47.5 Å². The molecule has 0 fully saturated rings. The number of aromatic nitrogens is 1. The third-order valence-electron chi connectivity index (χ3n) is 5.97. The molecule has 0 saturated heterocycles. The molecule has 5 aromatic rings. The van der Waals surface area contributed by atoms with Gasteiger partial charge in [0.2, 0.25) is 0 Å². The Balaban J connectivity index is 1.46. The van der Waals surface area contributed by atoms with Gasteiger partial charge in [0.05, 0.1) is 22.6 Å². The summed E-state index contributed by atoms with van der Waals surface area (Å²) in [4.78, 5) is 6.45. The Bertz CT molecular complexity index is 1500. The van der Waals surface area contributed by atoms with E-state index in [1.54, 1.807) is 12.4 Å². The molecule has 0 amide bonds. The smallest absolute Gasteiger partial charge is 0.151 e. The number of pyridine rings is 1. The highest BCUT2D eigenvalue weighted by Crippen LogP contribution is 2.51. The van der Waals surface area contributed by atoms with Gasteiger partial charge in [-0.25, -0.2) is 0 Å². The van der Waals surface area contributed by atoms with Crippen LogP contribution in [0.5, 0.6) is 11.5 Å². The second-order valence-corrected chi connectivity index (χ2v) is 8.04. The first kappa shape index (κ1) is 19.8. The van der Waals surface area contributed by atoms with Gasteiger partial charge >= 0.3 is 0 Å². The van der Waals surface area contributed by atoms with Gasteiger partial charge in [-0.1, -0.05) is 66.7 Å². The van der Waals surface area contributed by atoms with Crippen LogP contribution in [0.25, 0.3) is 22.3 Å². The fourth-order valence-electron chi connectivity index (χ4n) is 4.38. The van der Waals surface area contributed by atoms with Gasteiger partial charge in [0.1, 0.15) is 6.07 Å². The Morgan fingerprint density at radius 2 is 1.21 bits per heavy atom. The van der Waals surface area contributed by atoms with Crippen LogP contribution in [0.3, 0.4) is 0 Å². The molecule has 4 aromatic carbocycles. The van der Waals surface area contributed by atoms with Gasteiger partial charge in [-0.2, -0.15) is 5.26 Å². The normalized spacial score (nSPS) is 11.7. The van der Waals surface area contributed by atoms with E-state index in [0.717, 1.165) is 50.8 Å². The molecule has 0 bridgehead atoms. The van der Waals surface area contributed by atoms with Crippen LogP contribution in [-0.2, 0) is 0 Å². The molecule has 0 saturated carbocycles. The fourth-order valence-corrected chi connectivity index (χ4v) is 4.38. The molecule has 1 aliphatic heterocycles. The van der Waals surface area contributed by atoms with E-state index in [9.17, 15) is 5.26 Å². The monoisotopic (exact) mass is 437 g/mol. The molecule has 2 heterocycles. The van der Waals surface area contributed by atoms with Gasteiger partial charge in [0, 0.05) is 23.5 Å². The van der Waals surface area contributed by atoms with Crippen molar-refractivity contribution in [3.63, 3.8) is 0 Å². The number of para-hydroxylation sites is 5. The van der Waals surface area contributed by atoms with E-state index in [2.05, 4.69) is 76.6 Å². The lowest BCUT2D eigenvalue weighted by molar-refractivity contribution is 0.477. The number of ether oxygens (including phenoxy) is 1. The number of benzene rings is 4. The summed E-state index contributed by atoms with van der Waals surface area (Å²) in [6.07, 6.45) is 3.36. The molecule has 0 unspecified atom stereocenters. The van der Waals surface area contributed by atoms with Crippen LogP contribution in [0.2, 0.25) is 0 Å². The zero-order valence-corrected chi connectivity index (χ0v) is 18.2. The Kier molecular flexibility index (Phi) is 4.79. The van der Waals surface area contributed by atoms with Gasteiger partial charge in [0.15, 0.2) is 11.5 Å². The van der Waals surface area contributed by atoms with E-state index in [1.165, 1.54) is 0 Å². The first-order valence-corrected chi connectivity index (χ1v) is 11.0. The summed E-state index contributed by atoms with van der Waals surface area (Å²) >= 11 is 0. The summed E-state index contributed by atoms with van der Waals surface area (Å²) in [5.74, 6) is 1.66. The fraction of sp³-hybridized carbons (Fsp3) is 0. The van der Waals surface area contributed by atoms with Crippen molar-refractivity contribution in [2.75, 3.05) is 4.90 Å². The van der Waals surface area contributed by atoms with Crippen molar-refractivity contribution in [2.24, 2.45) is 0 Å². The van der Waals surface area contributed by atoms with Crippen LogP contribution in [0.1, 0.15) is 5.56 Å². The number of hydrogen-bond donors (Lipinski definition) is 0. The standard InChI is InChI=1S/C30H19N3O/c31-18-21-17-24(20-32-19-21)22-13-15-23(16-14-22)25-7-1-2-8-26(25)33-27-9-3-5-11-29(27)34-30-12-6-4-10-28(30)33/h1-17,19-20H. The van der Waals surface area contributed by atoms with Crippen LogP contribution < -0.4 is 9.64 Å². The summed E-state index contributed by atoms with van der Waals surface area (Å²) in [5, 5.41) is 9.19. The molecule has 0 N–H and O–H groups in total. The minimum atomic E-state index is 0.552. The first-order valence-electron chi connectivity index (χ1n) is 11.0.